The second-order valence-electron chi connectivity index (χ2n) is 6.35. The SMILES string of the molecule is CSc1ccc(C(=O)COC(=O)CSc2nnc(-c3ccc(Cl)cc3)o2)cc1NC(C)=O. The maximum atomic E-state index is 12.4. The van der Waals surface area contributed by atoms with E-state index >= 15 is 0 Å². The van der Waals surface area contributed by atoms with E-state index in [1.807, 2.05) is 6.26 Å². The van der Waals surface area contributed by atoms with E-state index in [0.717, 1.165) is 16.7 Å². The molecule has 0 aliphatic carbocycles. The lowest BCUT2D eigenvalue weighted by Gasteiger charge is -2.10. The first-order valence-corrected chi connectivity index (χ1v) is 11.8. The van der Waals surface area contributed by atoms with Gasteiger partial charge in [0.25, 0.3) is 5.22 Å². The number of ether oxygens (including phenoxy) is 1. The largest absolute Gasteiger partial charge is 0.457 e. The first-order valence-electron chi connectivity index (χ1n) is 9.22. The van der Waals surface area contributed by atoms with Crippen LogP contribution in [0.4, 0.5) is 5.69 Å². The number of nitrogens with zero attached hydrogens (tertiary/aromatic N) is 2. The van der Waals surface area contributed by atoms with Gasteiger partial charge in [-0.3, -0.25) is 14.4 Å². The Morgan fingerprint density at radius 3 is 2.56 bits per heavy atom. The van der Waals surface area contributed by atoms with E-state index in [1.165, 1.54) is 18.7 Å². The third kappa shape index (κ3) is 6.59. The number of amides is 1. The smallest absolute Gasteiger partial charge is 0.316 e. The van der Waals surface area contributed by atoms with Gasteiger partial charge in [0.2, 0.25) is 11.8 Å². The molecule has 0 aliphatic rings. The third-order valence-electron chi connectivity index (χ3n) is 4.01. The molecule has 0 saturated heterocycles. The number of hydrogen-bond acceptors (Lipinski definition) is 9. The van der Waals surface area contributed by atoms with Gasteiger partial charge >= 0.3 is 5.97 Å². The van der Waals surface area contributed by atoms with Crippen LogP contribution in [0.15, 0.2) is 57.0 Å². The van der Waals surface area contributed by atoms with Gasteiger partial charge in [-0.15, -0.1) is 22.0 Å². The third-order valence-corrected chi connectivity index (χ3v) is 5.85. The lowest BCUT2D eigenvalue weighted by atomic mass is 10.1. The van der Waals surface area contributed by atoms with Crippen molar-refractivity contribution in [3.63, 3.8) is 0 Å². The Bertz CT molecular complexity index is 1130. The minimum absolute atomic E-state index is 0.0991. The Labute approximate surface area is 197 Å². The summed E-state index contributed by atoms with van der Waals surface area (Å²) in [5.74, 6) is -1.02. The fourth-order valence-corrected chi connectivity index (χ4v) is 3.76. The van der Waals surface area contributed by atoms with Gasteiger partial charge in [-0.25, -0.2) is 0 Å². The summed E-state index contributed by atoms with van der Waals surface area (Å²) in [6, 6.07) is 11.8. The molecule has 2 aromatic carbocycles. The Morgan fingerprint density at radius 2 is 1.88 bits per heavy atom. The highest BCUT2D eigenvalue weighted by molar-refractivity contribution is 7.99. The number of aromatic nitrogens is 2. The molecule has 1 heterocycles. The van der Waals surface area contributed by atoms with Crippen LogP contribution < -0.4 is 5.32 Å². The van der Waals surface area contributed by atoms with Gasteiger partial charge in [-0.2, -0.15) is 0 Å². The summed E-state index contributed by atoms with van der Waals surface area (Å²) in [6.07, 6.45) is 1.86. The van der Waals surface area contributed by atoms with E-state index in [4.69, 9.17) is 20.8 Å². The van der Waals surface area contributed by atoms with Crippen LogP contribution in [-0.2, 0) is 14.3 Å². The second-order valence-corrected chi connectivity index (χ2v) is 8.56. The zero-order valence-corrected chi connectivity index (χ0v) is 19.5. The van der Waals surface area contributed by atoms with Crippen molar-refractivity contribution in [1.82, 2.24) is 10.2 Å². The van der Waals surface area contributed by atoms with Crippen molar-refractivity contribution in [1.29, 1.82) is 0 Å². The number of nitrogens with one attached hydrogen (secondary N) is 1. The van der Waals surface area contributed by atoms with Crippen LogP contribution in [0.1, 0.15) is 17.3 Å². The zero-order valence-electron chi connectivity index (χ0n) is 17.1. The lowest BCUT2D eigenvalue weighted by Crippen LogP contribution is -2.16. The summed E-state index contributed by atoms with van der Waals surface area (Å²) in [7, 11) is 0. The molecular formula is C21H18ClN3O5S2. The summed E-state index contributed by atoms with van der Waals surface area (Å²) >= 11 is 8.31. The summed E-state index contributed by atoms with van der Waals surface area (Å²) in [5.41, 5.74) is 1.56. The van der Waals surface area contributed by atoms with E-state index in [2.05, 4.69) is 15.5 Å². The Hall–Kier alpha value is -2.82. The van der Waals surface area contributed by atoms with Crippen molar-refractivity contribution >= 4 is 58.5 Å². The number of thioether (sulfide) groups is 2. The molecule has 166 valence electrons. The van der Waals surface area contributed by atoms with E-state index in [1.54, 1.807) is 42.5 Å². The molecule has 0 fully saturated rings. The summed E-state index contributed by atoms with van der Waals surface area (Å²) in [4.78, 5) is 36.6. The predicted molar refractivity (Wildman–Crippen MR) is 123 cm³/mol. The molecule has 0 radical (unpaired) electrons. The van der Waals surface area contributed by atoms with Gasteiger partial charge in [0.1, 0.15) is 5.75 Å². The number of benzene rings is 2. The molecule has 0 saturated carbocycles. The van der Waals surface area contributed by atoms with Gasteiger partial charge in [0.05, 0.1) is 5.69 Å². The molecule has 1 N–H and O–H groups in total. The minimum Gasteiger partial charge on any atom is -0.457 e. The quantitative estimate of drug-likeness (QED) is 0.261. The van der Waals surface area contributed by atoms with Crippen LogP contribution >= 0.6 is 35.1 Å². The average Bonchev–Trinajstić information content (AvgIpc) is 3.25. The van der Waals surface area contributed by atoms with Crippen LogP contribution in [0, 0.1) is 0 Å². The van der Waals surface area contributed by atoms with Crippen molar-refractivity contribution < 1.29 is 23.5 Å². The summed E-state index contributed by atoms with van der Waals surface area (Å²) in [5, 5.41) is 11.3. The number of anilines is 1. The van der Waals surface area contributed by atoms with Crippen molar-refractivity contribution in [2.75, 3.05) is 23.9 Å². The minimum atomic E-state index is -0.600. The van der Waals surface area contributed by atoms with Crippen molar-refractivity contribution in [2.45, 2.75) is 17.0 Å². The molecule has 11 heteroatoms. The number of ketones is 1. The molecular weight excluding hydrogens is 474 g/mol. The summed E-state index contributed by atoms with van der Waals surface area (Å²) in [6.45, 7) is 0.969. The van der Waals surface area contributed by atoms with Gasteiger partial charge in [-0.1, -0.05) is 29.4 Å². The van der Waals surface area contributed by atoms with Crippen molar-refractivity contribution in [3.05, 3.63) is 53.1 Å². The fraction of sp³-hybridized carbons (Fsp3) is 0.190. The number of hydrogen-bond donors (Lipinski definition) is 1. The monoisotopic (exact) mass is 491 g/mol. The van der Waals surface area contributed by atoms with Crippen molar-refractivity contribution in [3.8, 4) is 11.5 Å². The Balaban J connectivity index is 1.51. The van der Waals surface area contributed by atoms with Gasteiger partial charge in [-0.05, 0) is 42.7 Å². The van der Waals surface area contributed by atoms with Crippen LogP contribution in [0.3, 0.4) is 0 Å². The molecule has 0 bridgehead atoms. The topological polar surface area (TPSA) is 111 Å². The number of halogens is 1. The maximum absolute atomic E-state index is 12.4. The van der Waals surface area contributed by atoms with Gasteiger partial charge in [0.15, 0.2) is 12.4 Å². The normalized spacial score (nSPS) is 10.6. The number of esters is 1. The van der Waals surface area contributed by atoms with E-state index in [0.29, 0.717) is 27.7 Å². The van der Waals surface area contributed by atoms with E-state index in [-0.39, 0.29) is 22.7 Å². The van der Waals surface area contributed by atoms with Crippen molar-refractivity contribution in [2.24, 2.45) is 0 Å². The highest BCUT2D eigenvalue weighted by Gasteiger charge is 2.15. The lowest BCUT2D eigenvalue weighted by molar-refractivity contribution is -0.139. The Morgan fingerprint density at radius 1 is 1.12 bits per heavy atom. The molecule has 32 heavy (non-hydrogen) atoms. The van der Waals surface area contributed by atoms with E-state index < -0.39 is 12.6 Å². The van der Waals surface area contributed by atoms with Crippen LogP contribution in [0.2, 0.25) is 5.02 Å². The maximum Gasteiger partial charge on any atom is 0.316 e. The first-order chi connectivity index (χ1) is 15.4. The van der Waals surface area contributed by atoms with Gasteiger partial charge < -0.3 is 14.5 Å². The molecule has 8 nitrogen and oxygen atoms in total. The van der Waals surface area contributed by atoms with Gasteiger partial charge in [0, 0.05) is 28.0 Å². The van der Waals surface area contributed by atoms with E-state index in [9.17, 15) is 14.4 Å². The zero-order chi connectivity index (χ0) is 23.1. The molecule has 0 unspecified atom stereocenters. The first kappa shape index (κ1) is 23.8. The molecule has 0 aliphatic heterocycles. The number of Topliss-reactive ketones (excluding diaryl/α,β-unsaturated/α-hetero) is 1. The van der Waals surface area contributed by atoms with Crippen LogP contribution in [0.25, 0.3) is 11.5 Å². The molecule has 1 aromatic heterocycles. The Kier molecular flexibility index (Phi) is 8.32. The molecule has 0 spiro atoms. The summed E-state index contributed by atoms with van der Waals surface area (Å²) < 4.78 is 10.6. The highest BCUT2D eigenvalue weighted by atomic mass is 35.5. The second kappa shape index (κ2) is 11.2. The number of carbonyl (C=O) groups is 3. The molecule has 3 rings (SSSR count). The molecule has 1 amide bonds. The highest BCUT2D eigenvalue weighted by Crippen LogP contribution is 2.27. The fourth-order valence-electron chi connectivity index (χ4n) is 2.54. The average molecular weight is 492 g/mol. The van der Waals surface area contributed by atoms with Crippen LogP contribution in [-0.4, -0.2) is 46.5 Å². The number of rotatable bonds is 9. The molecule has 3 aromatic rings. The number of carbonyl (C=O) groups excluding carboxylic acids is 3. The van der Waals surface area contributed by atoms with Crippen LogP contribution in [0.5, 0.6) is 0 Å². The molecule has 0 atom stereocenters. The standard InChI is InChI=1S/C21H18ClN3O5S2/c1-12(26)23-16-9-14(5-8-18(16)31-2)17(27)10-29-19(28)11-32-21-25-24-20(30-21)13-3-6-15(22)7-4-13/h3-9H,10-11H2,1-2H3,(H,23,26). The predicted octanol–water partition coefficient (Wildman–Crippen LogP) is 4.59.